The van der Waals surface area contributed by atoms with E-state index in [2.05, 4.69) is 5.32 Å². The molecule has 0 amide bonds. The molecule has 0 aliphatic carbocycles. The van der Waals surface area contributed by atoms with E-state index in [0.717, 1.165) is 11.6 Å². The minimum Gasteiger partial charge on any atom is -0.484 e. The number of nitrogens with two attached hydrogens (primary N) is 1. The summed E-state index contributed by atoms with van der Waals surface area (Å²) >= 11 is 5.83. The van der Waals surface area contributed by atoms with Crippen LogP contribution in [0.15, 0.2) is 42.5 Å². The quantitative estimate of drug-likeness (QED) is 0.718. The van der Waals surface area contributed by atoms with Crippen molar-refractivity contribution in [3.8, 4) is 11.8 Å². The zero-order valence-corrected chi connectivity index (χ0v) is 13.9. The first kappa shape index (κ1) is 18.2. The van der Waals surface area contributed by atoms with Crippen LogP contribution in [0.4, 0.5) is 4.39 Å². The number of nitrogens with one attached hydrogen (secondary N) is 1. The molecule has 0 fully saturated rings. The van der Waals surface area contributed by atoms with E-state index in [1.807, 2.05) is 36.4 Å². The molecule has 3 N–H and O–H groups in total. The van der Waals surface area contributed by atoms with Crippen LogP contribution in [-0.4, -0.2) is 19.6 Å². The summed E-state index contributed by atoms with van der Waals surface area (Å²) in [7, 11) is 0. The minimum absolute atomic E-state index is 0.0722. The lowest BCUT2D eigenvalue weighted by Crippen LogP contribution is -2.25. The standard InChI is InChI=1S/C18H19ClFN3O/c19-15-11-18(14(12-22)10-16(15)20)24-17(6-8-23-9-7-21)13-4-2-1-3-5-13/h1-5,10-11,17,23H,6-9,21H2/t17-/m1/s1. The molecule has 2 aromatic carbocycles. The minimum atomic E-state index is -0.638. The van der Waals surface area contributed by atoms with Crippen LogP contribution in [0.25, 0.3) is 0 Å². The van der Waals surface area contributed by atoms with Gasteiger partial charge in [0.2, 0.25) is 0 Å². The third-order valence-corrected chi connectivity index (χ3v) is 3.78. The van der Waals surface area contributed by atoms with Gasteiger partial charge in [-0.3, -0.25) is 0 Å². The van der Waals surface area contributed by atoms with Gasteiger partial charge in [-0.15, -0.1) is 0 Å². The number of benzene rings is 2. The Kier molecular flexibility index (Phi) is 7.01. The Labute approximate surface area is 146 Å². The van der Waals surface area contributed by atoms with Gasteiger partial charge in [0, 0.05) is 25.6 Å². The summed E-state index contributed by atoms with van der Waals surface area (Å²) < 4.78 is 19.5. The maximum atomic E-state index is 13.5. The largest absolute Gasteiger partial charge is 0.484 e. The van der Waals surface area contributed by atoms with Crippen LogP contribution in [-0.2, 0) is 0 Å². The lowest BCUT2D eigenvalue weighted by atomic mass is 10.1. The topological polar surface area (TPSA) is 71.1 Å². The number of halogens is 2. The lowest BCUT2D eigenvalue weighted by molar-refractivity contribution is 0.193. The van der Waals surface area contributed by atoms with E-state index in [0.29, 0.717) is 26.1 Å². The molecule has 0 unspecified atom stereocenters. The van der Waals surface area contributed by atoms with Crippen molar-refractivity contribution in [2.75, 3.05) is 19.6 Å². The molecule has 24 heavy (non-hydrogen) atoms. The van der Waals surface area contributed by atoms with Gasteiger partial charge >= 0.3 is 0 Å². The number of nitrogens with zero attached hydrogens (tertiary/aromatic N) is 1. The summed E-state index contributed by atoms with van der Waals surface area (Å²) in [5, 5.41) is 12.3. The Hall–Kier alpha value is -2.13. The summed E-state index contributed by atoms with van der Waals surface area (Å²) in [5.41, 5.74) is 6.56. The molecule has 0 spiro atoms. The van der Waals surface area contributed by atoms with Crippen LogP contribution in [0.2, 0.25) is 5.02 Å². The van der Waals surface area contributed by atoms with Gasteiger partial charge in [-0.2, -0.15) is 5.26 Å². The second-order valence-electron chi connectivity index (χ2n) is 5.22. The molecule has 0 aromatic heterocycles. The van der Waals surface area contributed by atoms with Crippen LogP contribution in [0.5, 0.6) is 5.75 Å². The first-order valence-electron chi connectivity index (χ1n) is 7.67. The molecule has 1 atom stereocenters. The van der Waals surface area contributed by atoms with E-state index in [9.17, 15) is 9.65 Å². The third-order valence-electron chi connectivity index (χ3n) is 3.49. The number of rotatable bonds is 8. The predicted octanol–water partition coefficient (Wildman–Crippen LogP) is 3.41. The van der Waals surface area contributed by atoms with Crippen LogP contribution in [0.1, 0.15) is 23.7 Å². The Morgan fingerprint density at radius 3 is 2.67 bits per heavy atom. The first-order valence-corrected chi connectivity index (χ1v) is 8.05. The zero-order chi connectivity index (χ0) is 17.4. The number of ether oxygens (including phenoxy) is 1. The predicted molar refractivity (Wildman–Crippen MR) is 92.5 cm³/mol. The molecule has 6 heteroatoms. The second-order valence-corrected chi connectivity index (χ2v) is 5.63. The van der Waals surface area contributed by atoms with Gasteiger partial charge in [-0.25, -0.2) is 4.39 Å². The molecule has 0 bridgehead atoms. The first-order chi connectivity index (χ1) is 11.7. The van der Waals surface area contributed by atoms with Crippen molar-refractivity contribution in [1.29, 1.82) is 5.26 Å². The van der Waals surface area contributed by atoms with Gasteiger partial charge in [-0.05, 0) is 18.2 Å². The summed E-state index contributed by atoms with van der Waals surface area (Å²) in [6.45, 7) is 1.98. The summed E-state index contributed by atoms with van der Waals surface area (Å²) in [6, 6.07) is 14.0. The second kappa shape index (κ2) is 9.24. The number of nitriles is 1. The van der Waals surface area contributed by atoms with E-state index < -0.39 is 5.82 Å². The van der Waals surface area contributed by atoms with Crippen molar-refractivity contribution in [1.82, 2.24) is 5.32 Å². The van der Waals surface area contributed by atoms with Gasteiger partial charge < -0.3 is 15.8 Å². The molecular weight excluding hydrogens is 329 g/mol. The van der Waals surface area contributed by atoms with Crippen LogP contribution < -0.4 is 15.8 Å². The Morgan fingerprint density at radius 1 is 1.25 bits per heavy atom. The van der Waals surface area contributed by atoms with Gasteiger partial charge in [0.05, 0.1) is 10.6 Å². The highest BCUT2D eigenvalue weighted by Crippen LogP contribution is 2.31. The molecule has 0 aliphatic rings. The average Bonchev–Trinajstić information content (AvgIpc) is 2.61. The molecule has 2 rings (SSSR count). The monoisotopic (exact) mass is 347 g/mol. The molecule has 2 aromatic rings. The average molecular weight is 348 g/mol. The van der Waals surface area contributed by atoms with Crippen molar-refractivity contribution in [2.24, 2.45) is 5.73 Å². The molecule has 0 heterocycles. The normalized spacial score (nSPS) is 11.8. The van der Waals surface area contributed by atoms with E-state index in [-0.39, 0.29) is 22.4 Å². The summed E-state index contributed by atoms with van der Waals surface area (Å²) in [4.78, 5) is 0. The molecule has 0 aliphatic heterocycles. The van der Waals surface area contributed by atoms with Crippen molar-refractivity contribution in [3.63, 3.8) is 0 Å². The van der Waals surface area contributed by atoms with E-state index in [4.69, 9.17) is 22.1 Å². The smallest absolute Gasteiger partial charge is 0.143 e. The fourth-order valence-electron chi connectivity index (χ4n) is 2.29. The van der Waals surface area contributed by atoms with Gasteiger partial charge in [-0.1, -0.05) is 41.9 Å². The maximum Gasteiger partial charge on any atom is 0.143 e. The molecule has 0 saturated heterocycles. The van der Waals surface area contributed by atoms with Gasteiger partial charge in [0.15, 0.2) is 0 Å². The highest BCUT2D eigenvalue weighted by atomic mass is 35.5. The van der Waals surface area contributed by atoms with Crippen molar-refractivity contribution < 1.29 is 9.13 Å². The van der Waals surface area contributed by atoms with Crippen LogP contribution >= 0.6 is 11.6 Å². The maximum absolute atomic E-state index is 13.5. The molecule has 4 nitrogen and oxygen atoms in total. The van der Waals surface area contributed by atoms with E-state index in [1.54, 1.807) is 0 Å². The Morgan fingerprint density at radius 2 is 2.00 bits per heavy atom. The number of hydrogen-bond donors (Lipinski definition) is 2. The van der Waals surface area contributed by atoms with E-state index >= 15 is 0 Å². The van der Waals surface area contributed by atoms with E-state index in [1.165, 1.54) is 6.07 Å². The number of hydrogen-bond acceptors (Lipinski definition) is 4. The fraction of sp³-hybridized carbons (Fsp3) is 0.278. The fourth-order valence-corrected chi connectivity index (χ4v) is 2.44. The van der Waals surface area contributed by atoms with Crippen LogP contribution in [0, 0.1) is 17.1 Å². The van der Waals surface area contributed by atoms with Crippen molar-refractivity contribution in [3.05, 3.63) is 64.4 Å². The summed E-state index contributed by atoms with van der Waals surface area (Å²) in [6.07, 6.45) is 0.384. The molecule has 0 saturated carbocycles. The van der Waals surface area contributed by atoms with Gasteiger partial charge in [0.1, 0.15) is 23.7 Å². The molecular formula is C18H19ClFN3O. The van der Waals surface area contributed by atoms with Crippen molar-refractivity contribution >= 4 is 11.6 Å². The SMILES string of the molecule is N#Cc1cc(F)c(Cl)cc1O[C@H](CCNCCN)c1ccccc1. The zero-order valence-electron chi connectivity index (χ0n) is 13.1. The van der Waals surface area contributed by atoms with Crippen LogP contribution in [0.3, 0.4) is 0 Å². The molecule has 0 radical (unpaired) electrons. The van der Waals surface area contributed by atoms with Crippen molar-refractivity contribution in [2.45, 2.75) is 12.5 Å². The summed E-state index contributed by atoms with van der Waals surface area (Å²) in [5.74, 6) is -0.363. The highest BCUT2D eigenvalue weighted by Gasteiger charge is 2.17. The Bertz CT molecular complexity index is 703. The highest BCUT2D eigenvalue weighted by molar-refractivity contribution is 6.30. The lowest BCUT2D eigenvalue weighted by Gasteiger charge is -2.21. The van der Waals surface area contributed by atoms with Gasteiger partial charge in [0.25, 0.3) is 0 Å². The third kappa shape index (κ3) is 4.93. The Balaban J connectivity index is 2.22. The molecule has 126 valence electrons.